The van der Waals surface area contributed by atoms with Gasteiger partial charge in [0.05, 0.1) is 6.04 Å². The van der Waals surface area contributed by atoms with Gasteiger partial charge in [-0.3, -0.25) is 9.69 Å². The Morgan fingerprint density at radius 2 is 1.86 bits per heavy atom. The highest BCUT2D eigenvalue weighted by Crippen LogP contribution is 2.34. The first-order valence-corrected chi connectivity index (χ1v) is 11.9. The summed E-state index contributed by atoms with van der Waals surface area (Å²) in [4.78, 5) is 43.7. The summed E-state index contributed by atoms with van der Waals surface area (Å²) in [7, 11) is 0. The monoisotopic (exact) mass is 507 g/mol. The number of aromatic carboxylic acids is 1. The predicted octanol–water partition coefficient (Wildman–Crippen LogP) is 3.47. The molecule has 1 atom stereocenters. The maximum atomic E-state index is 12.9. The van der Waals surface area contributed by atoms with Crippen molar-refractivity contribution in [3.05, 3.63) is 59.7 Å². The number of carboxylic acids is 1. The van der Waals surface area contributed by atoms with E-state index in [2.05, 4.69) is 20.5 Å². The minimum atomic E-state index is -1.26. The van der Waals surface area contributed by atoms with Crippen molar-refractivity contribution < 1.29 is 24.2 Å². The number of hydrogen-bond acceptors (Lipinski definition) is 8. The molecule has 1 aliphatic heterocycles. The number of piperidine rings is 1. The second-order valence-electron chi connectivity index (χ2n) is 9.67. The fourth-order valence-electron chi connectivity index (χ4n) is 4.17. The number of amides is 2. The van der Waals surface area contributed by atoms with Crippen molar-refractivity contribution in [2.75, 3.05) is 17.7 Å². The number of nitrogens with one attached hydrogen (secondary N) is 1. The molecule has 194 valence electrons. The van der Waals surface area contributed by atoms with E-state index >= 15 is 0 Å². The van der Waals surface area contributed by atoms with Crippen LogP contribution in [-0.2, 0) is 4.74 Å². The number of nitrogens with zero attached hydrogens (tertiary/aromatic N) is 5. The molecule has 12 nitrogen and oxygen atoms in total. The number of rotatable bonds is 5. The minimum absolute atomic E-state index is 0.139. The zero-order valence-corrected chi connectivity index (χ0v) is 20.8. The maximum Gasteiger partial charge on any atom is 0.410 e. The van der Waals surface area contributed by atoms with Crippen LogP contribution in [0.15, 0.2) is 42.6 Å². The zero-order valence-electron chi connectivity index (χ0n) is 20.8. The van der Waals surface area contributed by atoms with E-state index in [-0.39, 0.29) is 17.2 Å². The van der Waals surface area contributed by atoms with Crippen molar-refractivity contribution in [2.24, 2.45) is 0 Å². The van der Waals surface area contributed by atoms with Gasteiger partial charge in [0.2, 0.25) is 0 Å². The van der Waals surface area contributed by atoms with Gasteiger partial charge in [0.15, 0.2) is 17.3 Å². The normalized spacial score (nSPS) is 15.8. The van der Waals surface area contributed by atoms with Gasteiger partial charge in [-0.1, -0.05) is 12.1 Å². The van der Waals surface area contributed by atoms with Crippen molar-refractivity contribution in [3.8, 4) is 11.3 Å². The van der Waals surface area contributed by atoms with E-state index in [0.29, 0.717) is 29.9 Å². The fraction of sp³-hybridized carbons (Fsp3) is 0.360. The van der Waals surface area contributed by atoms with Crippen molar-refractivity contribution in [2.45, 2.75) is 51.7 Å². The summed E-state index contributed by atoms with van der Waals surface area (Å²) in [5.41, 5.74) is 0.0260. The molecule has 4 rings (SSSR count). The third-order valence-corrected chi connectivity index (χ3v) is 5.80. The second kappa shape index (κ2) is 10.2. The molecule has 1 aliphatic rings. The Bertz CT molecular complexity index is 1300. The number of hydrogen-bond donors (Lipinski definition) is 3. The third-order valence-electron chi connectivity index (χ3n) is 5.80. The Labute approximate surface area is 213 Å². The fourth-order valence-corrected chi connectivity index (χ4v) is 4.17. The van der Waals surface area contributed by atoms with Gasteiger partial charge in [-0.2, -0.15) is 5.10 Å². The number of ether oxygens (including phenoxy) is 1. The number of carbonyl (C=O) groups excluding carboxylic acids is 2. The van der Waals surface area contributed by atoms with Crippen LogP contribution in [0.1, 0.15) is 72.7 Å². The van der Waals surface area contributed by atoms with Gasteiger partial charge in [0.25, 0.3) is 5.91 Å². The molecule has 3 heterocycles. The number of aromatic nitrogens is 4. The van der Waals surface area contributed by atoms with E-state index in [0.717, 1.165) is 17.5 Å². The lowest BCUT2D eigenvalue weighted by atomic mass is 10.0. The van der Waals surface area contributed by atoms with Gasteiger partial charge >= 0.3 is 12.1 Å². The van der Waals surface area contributed by atoms with E-state index < -0.39 is 29.6 Å². The minimum Gasteiger partial charge on any atom is -0.476 e. The van der Waals surface area contributed by atoms with Crippen LogP contribution in [0.3, 0.4) is 0 Å². The van der Waals surface area contributed by atoms with Crippen molar-refractivity contribution in [3.63, 3.8) is 0 Å². The van der Waals surface area contributed by atoms with Crippen LogP contribution in [0.2, 0.25) is 0 Å². The van der Waals surface area contributed by atoms with E-state index in [1.165, 1.54) is 6.20 Å². The van der Waals surface area contributed by atoms with Gasteiger partial charge in [0, 0.05) is 23.9 Å². The number of anilines is 1. The van der Waals surface area contributed by atoms with E-state index in [4.69, 9.17) is 10.6 Å². The molecule has 37 heavy (non-hydrogen) atoms. The SMILES string of the molecule is CC(C)(C)OC(=O)N1CCCC[C@H]1c1nc(-c2ccc(C(=O)Nc3cccnn3)cc2)c(C(=O)O)n1N. The molecule has 0 bridgehead atoms. The van der Waals surface area contributed by atoms with Crippen LogP contribution in [0.4, 0.5) is 10.6 Å². The maximum absolute atomic E-state index is 12.9. The quantitative estimate of drug-likeness (QED) is 0.438. The van der Waals surface area contributed by atoms with Gasteiger partial charge in [-0.05, 0) is 64.3 Å². The number of benzene rings is 1. The highest BCUT2D eigenvalue weighted by molar-refractivity contribution is 6.04. The number of imidazole rings is 1. The third kappa shape index (κ3) is 5.68. The smallest absolute Gasteiger partial charge is 0.410 e. The van der Waals surface area contributed by atoms with Crippen LogP contribution in [0.5, 0.6) is 0 Å². The standard InChI is InChI=1S/C25H29N7O5/c1-25(2,3)37-24(36)31-14-5-4-7-17(31)21-29-19(20(23(34)35)32(21)26)15-9-11-16(12-10-15)22(33)28-18-8-6-13-27-30-18/h6,8-13,17H,4-5,7,14,26H2,1-3H3,(H,34,35)(H,28,30,33)/t17-/m0/s1. The average Bonchev–Trinajstić information content (AvgIpc) is 3.21. The molecule has 0 unspecified atom stereocenters. The lowest BCUT2D eigenvalue weighted by Crippen LogP contribution is -2.43. The molecule has 0 radical (unpaired) electrons. The Kier molecular flexibility index (Phi) is 7.09. The Morgan fingerprint density at radius 1 is 1.14 bits per heavy atom. The molecule has 0 spiro atoms. The topological polar surface area (TPSA) is 166 Å². The van der Waals surface area contributed by atoms with Crippen molar-refractivity contribution >= 4 is 23.8 Å². The van der Waals surface area contributed by atoms with E-state index in [1.807, 2.05) is 0 Å². The number of likely N-dealkylation sites (tertiary alicyclic amines) is 1. The molecular formula is C25H29N7O5. The van der Waals surface area contributed by atoms with Crippen LogP contribution in [-0.4, -0.2) is 60.0 Å². The summed E-state index contributed by atoms with van der Waals surface area (Å²) in [6.45, 7) is 5.79. The highest BCUT2D eigenvalue weighted by Gasteiger charge is 2.36. The Morgan fingerprint density at radius 3 is 2.49 bits per heavy atom. The summed E-state index contributed by atoms with van der Waals surface area (Å²) in [5.74, 6) is 5.14. The molecule has 0 saturated carbocycles. The van der Waals surface area contributed by atoms with Crippen LogP contribution >= 0.6 is 0 Å². The summed E-state index contributed by atoms with van der Waals surface area (Å²) in [6, 6.07) is 9.01. The van der Waals surface area contributed by atoms with Crippen molar-refractivity contribution in [1.82, 2.24) is 24.8 Å². The van der Waals surface area contributed by atoms with Crippen LogP contribution < -0.4 is 11.2 Å². The first-order valence-electron chi connectivity index (χ1n) is 11.9. The molecule has 2 amide bonds. The largest absolute Gasteiger partial charge is 0.476 e. The highest BCUT2D eigenvalue weighted by atomic mass is 16.6. The summed E-state index contributed by atoms with van der Waals surface area (Å²) < 4.78 is 6.59. The Hall–Kier alpha value is -4.48. The zero-order chi connectivity index (χ0) is 26.7. The van der Waals surface area contributed by atoms with Crippen LogP contribution in [0, 0.1) is 0 Å². The van der Waals surface area contributed by atoms with E-state index in [1.54, 1.807) is 62.1 Å². The molecule has 0 aliphatic carbocycles. The summed E-state index contributed by atoms with van der Waals surface area (Å²) >= 11 is 0. The number of carboxylic acid groups (broad SMARTS) is 1. The first-order chi connectivity index (χ1) is 17.5. The lowest BCUT2D eigenvalue weighted by Gasteiger charge is -2.36. The molecule has 2 aromatic heterocycles. The molecular weight excluding hydrogens is 478 g/mol. The van der Waals surface area contributed by atoms with E-state index in [9.17, 15) is 19.5 Å². The molecule has 1 saturated heterocycles. The van der Waals surface area contributed by atoms with Gasteiger partial charge in [-0.15, -0.1) is 5.10 Å². The molecule has 1 aromatic carbocycles. The van der Waals surface area contributed by atoms with Gasteiger partial charge < -0.3 is 21.0 Å². The predicted molar refractivity (Wildman–Crippen MR) is 134 cm³/mol. The average molecular weight is 508 g/mol. The number of nitrogen functional groups attached to an aromatic ring is 1. The number of carbonyl (C=O) groups is 3. The molecule has 4 N–H and O–H groups in total. The lowest BCUT2D eigenvalue weighted by molar-refractivity contribution is 0.00821. The number of nitrogens with two attached hydrogens (primary N) is 1. The first kappa shape index (κ1) is 25.6. The van der Waals surface area contributed by atoms with Crippen molar-refractivity contribution in [1.29, 1.82) is 0 Å². The molecule has 12 heteroatoms. The summed E-state index contributed by atoms with van der Waals surface area (Å²) in [6.07, 6.45) is 3.17. The molecule has 1 fully saturated rings. The van der Waals surface area contributed by atoms with Crippen LogP contribution in [0.25, 0.3) is 11.3 Å². The molecule has 3 aromatic rings. The summed E-state index contributed by atoms with van der Waals surface area (Å²) in [5, 5.41) is 20.1. The Balaban J connectivity index is 1.64. The second-order valence-corrected chi connectivity index (χ2v) is 9.67. The van der Waals surface area contributed by atoms with Gasteiger partial charge in [0.1, 0.15) is 11.3 Å². The van der Waals surface area contributed by atoms with Gasteiger partial charge in [-0.25, -0.2) is 19.2 Å².